The summed E-state index contributed by atoms with van der Waals surface area (Å²) in [7, 11) is 0. The third-order valence-electron chi connectivity index (χ3n) is 2.21. The van der Waals surface area contributed by atoms with E-state index in [4.69, 9.17) is 10.5 Å². The van der Waals surface area contributed by atoms with Crippen LogP contribution in [0.1, 0.15) is 26.3 Å². The molecule has 1 aromatic rings. The van der Waals surface area contributed by atoms with Crippen LogP contribution in [0.15, 0.2) is 18.2 Å². The summed E-state index contributed by atoms with van der Waals surface area (Å²) in [6.45, 7) is 5.64. The van der Waals surface area contributed by atoms with Crippen LogP contribution in [0.25, 0.3) is 0 Å². The molecule has 1 amide bonds. The highest BCUT2D eigenvalue weighted by atomic mass is 19.1. The number of carbonyl (C=O) groups is 1. The number of anilines is 1. The molecule has 0 aliphatic rings. The molecule has 0 bridgehead atoms. The van der Waals surface area contributed by atoms with Crippen molar-refractivity contribution in [3.63, 3.8) is 0 Å². The average molecular weight is 278 g/mol. The van der Waals surface area contributed by atoms with Crippen LogP contribution < -0.4 is 11.1 Å². The molecule has 108 valence electrons. The van der Waals surface area contributed by atoms with E-state index in [9.17, 15) is 9.18 Å². The van der Waals surface area contributed by atoms with Gasteiger partial charge in [-0.15, -0.1) is 0 Å². The Morgan fingerprint density at radius 3 is 2.70 bits per heavy atom. The molecule has 20 heavy (non-hydrogen) atoms. The van der Waals surface area contributed by atoms with Crippen LogP contribution >= 0.6 is 0 Å². The maximum atomic E-state index is 13.7. The van der Waals surface area contributed by atoms with Gasteiger partial charge < -0.3 is 15.8 Å². The van der Waals surface area contributed by atoms with Crippen LogP contribution in [0.5, 0.6) is 0 Å². The highest BCUT2D eigenvalue weighted by Crippen LogP contribution is 2.14. The van der Waals surface area contributed by atoms with E-state index in [0.717, 1.165) is 0 Å². The Morgan fingerprint density at radius 1 is 1.45 bits per heavy atom. The molecule has 0 atom stereocenters. The van der Waals surface area contributed by atoms with Crippen molar-refractivity contribution in [3.05, 3.63) is 29.6 Å². The Hall–Kier alpha value is -1.90. The molecule has 5 heteroatoms. The second-order valence-corrected chi connectivity index (χ2v) is 5.15. The molecule has 4 nitrogen and oxygen atoms in total. The molecule has 0 aromatic heterocycles. The second-order valence-electron chi connectivity index (χ2n) is 5.15. The topological polar surface area (TPSA) is 64.3 Å². The summed E-state index contributed by atoms with van der Waals surface area (Å²) < 4.78 is 19.0. The lowest BCUT2D eigenvalue weighted by Crippen LogP contribution is -2.27. The van der Waals surface area contributed by atoms with Gasteiger partial charge in [0, 0.05) is 5.69 Å². The Bertz CT molecular complexity index is 539. The Labute approximate surface area is 118 Å². The van der Waals surface area contributed by atoms with Gasteiger partial charge in [-0.3, -0.25) is 4.79 Å². The first-order chi connectivity index (χ1) is 9.31. The lowest BCUT2D eigenvalue weighted by atomic mass is 10.2. The van der Waals surface area contributed by atoms with Gasteiger partial charge in [0.2, 0.25) is 5.91 Å². The van der Waals surface area contributed by atoms with Gasteiger partial charge in [-0.1, -0.05) is 11.8 Å². The van der Waals surface area contributed by atoms with Crippen LogP contribution in [-0.2, 0) is 9.53 Å². The first-order valence-corrected chi connectivity index (χ1v) is 6.24. The van der Waals surface area contributed by atoms with Gasteiger partial charge >= 0.3 is 0 Å². The number of amides is 1. The van der Waals surface area contributed by atoms with Crippen LogP contribution in [0.2, 0.25) is 0 Å². The number of nitrogens with two attached hydrogens (primary N) is 1. The van der Waals surface area contributed by atoms with Gasteiger partial charge in [-0.05, 0) is 39.0 Å². The number of halogens is 1. The zero-order chi connectivity index (χ0) is 15.2. The molecule has 0 aliphatic carbocycles. The van der Waals surface area contributed by atoms with Gasteiger partial charge in [0.15, 0.2) is 0 Å². The number of hydrogen-bond acceptors (Lipinski definition) is 3. The Morgan fingerprint density at radius 2 is 2.15 bits per heavy atom. The number of nitrogens with one attached hydrogen (secondary N) is 1. The molecule has 0 unspecified atom stereocenters. The third kappa shape index (κ3) is 5.83. The summed E-state index contributed by atoms with van der Waals surface area (Å²) in [5.41, 5.74) is 5.44. The Balaban J connectivity index is 2.65. The molecule has 0 radical (unpaired) electrons. The molecule has 1 aromatic carbocycles. The van der Waals surface area contributed by atoms with E-state index in [0.29, 0.717) is 5.69 Å². The monoisotopic (exact) mass is 278 g/mol. The van der Waals surface area contributed by atoms with Gasteiger partial charge in [-0.25, -0.2) is 4.39 Å². The minimum Gasteiger partial charge on any atom is -0.366 e. The van der Waals surface area contributed by atoms with Crippen LogP contribution in [0.4, 0.5) is 10.1 Å². The van der Waals surface area contributed by atoms with Crippen molar-refractivity contribution in [2.75, 3.05) is 18.5 Å². The molecule has 0 spiro atoms. The summed E-state index contributed by atoms with van der Waals surface area (Å²) in [6, 6.07) is 4.30. The number of carbonyl (C=O) groups excluding carboxylic acids is 1. The highest BCUT2D eigenvalue weighted by Gasteiger charge is 2.13. The van der Waals surface area contributed by atoms with E-state index in [1.807, 2.05) is 20.8 Å². The molecule has 0 fully saturated rings. The molecule has 1 rings (SSSR count). The van der Waals surface area contributed by atoms with Gasteiger partial charge in [0.25, 0.3) is 0 Å². The normalized spacial score (nSPS) is 10.7. The molecular weight excluding hydrogens is 259 g/mol. The first kappa shape index (κ1) is 16.2. The standard InChI is InChI=1S/C15H19FN2O2/c1-15(2,3)20-10-14(19)18-12-7-6-11(5-4-8-17)13(16)9-12/h6-7,9H,8,10,17H2,1-3H3,(H,18,19). The lowest BCUT2D eigenvalue weighted by Gasteiger charge is -2.19. The summed E-state index contributed by atoms with van der Waals surface area (Å²) in [4.78, 5) is 11.6. The molecular formula is C15H19FN2O2. The predicted molar refractivity (Wildman–Crippen MR) is 76.7 cm³/mol. The maximum Gasteiger partial charge on any atom is 0.250 e. The Kier molecular flexibility index (Phi) is 5.68. The fourth-order valence-electron chi connectivity index (χ4n) is 1.32. The van der Waals surface area contributed by atoms with Crippen molar-refractivity contribution in [3.8, 4) is 11.8 Å². The molecule has 3 N–H and O–H groups in total. The average Bonchev–Trinajstić information content (AvgIpc) is 2.35. The minimum absolute atomic E-state index is 0.0835. The number of hydrogen-bond donors (Lipinski definition) is 2. The smallest absolute Gasteiger partial charge is 0.250 e. The SMILES string of the molecule is CC(C)(C)OCC(=O)Nc1ccc(C#CCN)c(F)c1. The molecule has 0 saturated heterocycles. The summed E-state index contributed by atoms with van der Waals surface area (Å²) in [6.07, 6.45) is 0. The van der Waals surface area contributed by atoms with E-state index in [1.165, 1.54) is 12.1 Å². The minimum atomic E-state index is -0.500. The van der Waals surface area contributed by atoms with E-state index < -0.39 is 11.4 Å². The lowest BCUT2D eigenvalue weighted by molar-refractivity contribution is -0.125. The van der Waals surface area contributed by atoms with E-state index >= 15 is 0 Å². The first-order valence-electron chi connectivity index (χ1n) is 6.24. The fraction of sp³-hybridized carbons (Fsp3) is 0.400. The van der Waals surface area contributed by atoms with Crippen LogP contribution in [0.3, 0.4) is 0 Å². The van der Waals surface area contributed by atoms with Crippen LogP contribution in [-0.4, -0.2) is 24.7 Å². The van der Waals surface area contributed by atoms with Crippen molar-refractivity contribution in [2.24, 2.45) is 5.73 Å². The largest absolute Gasteiger partial charge is 0.366 e. The van der Waals surface area contributed by atoms with Crippen molar-refractivity contribution in [1.82, 2.24) is 0 Å². The van der Waals surface area contributed by atoms with Crippen molar-refractivity contribution < 1.29 is 13.9 Å². The number of rotatable bonds is 3. The quantitative estimate of drug-likeness (QED) is 0.830. The maximum absolute atomic E-state index is 13.7. The summed E-state index contributed by atoms with van der Waals surface area (Å²) in [5.74, 6) is 4.35. The van der Waals surface area contributed by atoms with E-state index in [-0.39, 0.29) is 24.6 Å². The zero-order valence-corrected chi connectivity index (χ0v) is 11.9. The fourth-order valence-corrected chi connectivity index (χ4v) is 1.32. The molecule has 0 aliphatic heterocycles. The van der Waals surface area contributed by atoms with Gasteiger partial charge in [-0.2, -0.15) is 0 Å². The molecule has 0 heterocycles. The van der Waals surface area contributed by atoms with Gasteiger partial charge in [0.1, 0.15) is 12.4 Å². The highest BCUT2D eigenvalue weighted by molar-refractivity contribution is 5.91. The van der Waals surface area contributed by atoms with Gasteiger partial charge in [0.05, 0.1) is 17.7 Å². The third-order valence-corrected chi connectivity index (χ3v) is 2.21. The van der Waals surface area contributed by atoms with Crippen LogP contribution in [0, 0.1) is 17.7 Å². The van der Waals surface area contributed by atoms with Crippen molar-refractivity contribution >= 4 is 11.6 Å². The van der Waals surface area contributed by atoms with Crippen molar-refractivity contribution in [2.45, 2.75) is 26.4 Å². The summed E-state index contributed by atoms with van der Waals surface area (Å²) in [5, 5.41) is 2.56. The van der Waals surface area contributed by atoms with E-state index in [2.05, 4.69) is 17.2 Å². The predicted octanol–water partition coefficient (Wildman–Crippen LogP) is 1.89. The number of benzene rings is 1. The van der Waals surface area contributed by atoms with E-state index in [1.54, 1.807) is 6.07 Å². The second kappa shape index (κ2) is 7.04. The zero-order valence-electron chi connectivity index (χ0n) is 11.9. The van der Waals surface area contributed by atoms with Crippen molar-refractivity contribution in [1.29, 1.82) is 0 Å². The molecule has 0 saturated carbocycles. The summed E-state index contributed by atoms with van der Waals surface area (Å²) >= 11 is 0. The number of ether oxygens (including phenoxy) is 1.